The second-order valence-electron chi connectivity index (χ2n) is 17.0. The summed E-state index contributed by atoms with van der Waals surface area (Å²) in [5, 5.41) is 27.2. The Morgan fingerprint density at radius 2 is 1.54 bits per heavy atom. The van der Waals surface area contributed by atoms with Crippen LogP contribution in [0.1, 0.15) is 82.0 Å². The fraction of sp³-hybridized carbons (Fsp3) is 0.581. The maximum atomic E-state index is 14.9. The van der Waals surface area contributed by atoms with Gasteiger partial charge in [0.15, 0.2) is 5.78 Å². The Labute approximate surface area is 307 Å². The van der Waals surface area contributed by atoms with E-state index in [1.807, 2.05) is 48.5 Å². The van der Waals surface area contributed by atoms with Gasteiger partial charge >= 0.3 is 6.03 Å². The Bertz CT molecular complexity index is 1770. The van der Waals surface area contributed by atoms with E-state index in [-0.39, 0.29) is 41.7 Å². The van der Waals surface area contributed by atoms with Crippen molar-refractivity contribution in [2.24, 2.45) is 33.5 Å². The van der Waals surface area contributed by atoms with E-state index >= 15 is 0 Å². The molecule has 278 valence electrons. The molecular weight excluding hydrogens is 656 g/mol. The number of benzene rings is 2. The highest BCUT2D eigenvalue weighted by atomic mass is 16.5. The summed E-state index contributed by atoms with van der Waals surface area (Å²) in [5.74, 6) is 1.57. The van der Waals surface area contributed by atoms with Crippen LogP contribution in [0.4, 0.5) is 10.5 Å². The molecule has 0 radical (unpaired) electrons. The summed E-state index contributed by atoms with van der Waals surface area (Å²) in [6, 6.07) is 14.4. The van der Waals surface area contributed by atoms with Crippen molar-refractivity contribution in [3.63, 3.8) is 0 Å². The lowest BCUT2D eigenvalue weighted by Gasteiger charge is -2.71. The quantitative estimate of drug-likeness (QED) is 0.186. The number of methoxy groups -OCH3 is 2. The van der Waals surface area contributed by atoms with Crippen LogP contribution in [0.2, 0.25) is 0 Å². The van der Waals surface area contributed by atoms with Crippen LogP contribution in [0, 0.1) is 33.5 Å². The van der Waals surface area contributed by atoms with Gasteiger partial charge in [0.25, 0.3) is 0 Å². The first-order chi connectivity index (χ1) is 24.9. The normalized spacial score (nSPS) is 38.5. The van der Waals surface area contributed by atoms with E-state index in [0.717, 1.165) is 50.5 Å². The van der Waals surface area contributed by atoms with Gasteiger partial charge < -0.3 is 34.6 Å². The Hall–Kier alpha value is -3.66. The molecule has 9 heteroatoms. The lowest BCUT2D eigenvalue weighted by atomic mass is 9.32. The van der Waals surface area contributed by atoms with Crippen molar-refractivity contribution in [2.45, 2.75) is 89.4 Å². The Kier molecular flexibility index (Phi) is 8.66. The number of nitrogens with zero attached hydrogens (tertiary/aromatic N) is 1. The number of anilines is 1. The van der Waals surface area contributed by atoms with Gasteiger partial charge in [-0.3, -0.25) is 4.79 Å². The highest BCUT2D eigenvalue weighted by molar-refractivity contribution is 6.10. The third-order valence-electron chi connectivity index (χ3n) is 14.8. The molecule has 3 saturated carbocycles. The van der Waals surface area contributed by atoms with Crippen LogP contribution in [0.15, 0.2) is 72.3 Å². The number of carbonyl (C=O) groups is 2. The minimum Gasteiger partial charge on any atom is -0.497 e. The van der Waals surface area contributed by atoms with Gasteiger partial charge in [0.05, 0.1) is 38.6 Å². The molecule has 9 atom stereocenters. The zero-order valence-corrected chi connectivity index (χ0v) is 31.0. The number of aliphatic hydroxyl groups is 2. The van der Waals surface area contributed by atoms with Gasteiger partial charge in [0.1, 0.15) is 11.5 Å². The minimum absolute atomic E-state index is 0.0112. The number of hydrogen-bond acceptors (Lipinski definition) is 7. The first-order valence-corrected chi connectivity index (χ1v) is 19.2. The van der Waals surface area contributed by atoms with E-state index in [1.54, 1.807) is 19.1 Å². The van der Waals surface area contributed by atoms with Gasteiger partial charge in [-0.15, -0.1) is 0 Å². The number of rotatable bonds is 9. The maximum Gasteiger partial charge on any atom is 0.322 e. The summed E-state index contributed by atoms with van der Waals surface area (Å²) >= 11 is 0. The number of aliphatic hydroxyl groups excluding tert-OH is 1. The summed E-state index contributed by atoms with van der Waals surface area (Å²) in [6.45, 7) is 5.85. The predicted molar refractivity (Wildman–Crippen MR) is 198 cm³/mol. The van der Waals surface area contributed by atoms with Crippen LogP contribution in [0.3, 0.4) is 0 Å². The molecule has 7 aliphatic rings. The molecule has 3 N–H and O–H groups in total. The zero-order valence-electron chi connectivity index (χ0n) is 31.0. The molecule has 0 aromatic heterocycles. The van der Waals surface area contributed by atoms with Gasteiger partial charge in [-0.05, 0) is 124 Å². The number of allylic oxidation sites excluding steroid dienone is 4. The number of nitrogens with one attached hydrogen (secondary N) is 1. The van der Waals surface area contributed by atoms with Crippen molar-refractivity contribution >= 4 is 17.5 Å². The number of fused-ring (bicyclic) bond motifs is 1. The van der Waals surface area contributed by atoms with Crippen LogP contribution in [0.5, 0.6) is 11.5 Å². The average Bonchev–Trinajstić information content (AvgIpc) is 3.76. The van der Waals surface area contributed by atoms with Crippen molar-refractivity contribution in [2.75, 3.05) is 39.2 Å². The number of ketones is 1. The van der Waals surface area contributed by atoms with Gasteiger partial charge in [0, 0.05) is 46.2 Å². The van der Waals surface area contributed by atoms with Crippen molar-refractivity contribution in [3.8, 4) is 11.5 Å². The molecule has 2 aromatic carbocycles. The molecule has 9 nitrogen and oxygen atoms in total. The molecule has 9 rings (SSSR count). The number of urea groups is 1. The molecule has 1 saturated heterocycles. The molecular formula is C43H54N2O7. The molecule has 2 spiro atoms. The second-order valence-corrected chi connectivity index (χ2v) is 17.0. The molecule has 4 fully saturated rings. The number of Topliss-reactive ketones (excluding diaryl/α,β-unsaturated/α-hetero) is 1. The van der Waals surface area contributed by atoms with Crippen LogP contribution in [-0.2, 0) is 4.74 Å². The lowest BCUT2D eigenvalue weighted by Crippen LogP contribution is -2.67. The summed E-state index contributed by atoms with van der Waals surface area (Å²) < 4.78 is 16.7. The number of hydrogen-bond donors (Lipinski definition) is 3. The van der Waals surface area contributed by atoms with Crippen LogP contribution in [0.25, 0.3) is 0 Å². The number of amides is 2. The third-order valence-corrected chi connectivity index (χ3v) is 14.8. The van der Waals surface area contributed by atoms with Crippen molar-refractivity contribution in [1.29, 1.82) is 0 Å². The topological polar surface area (TPSA) is 118 Å². The SMILES string of the molecule is COc1ccc(NC(=O)N(CC2CCCO2)CC2(O)CCC3C45C=CC6(C=C4C(=O)c4ccc(OC)cc4)CC(O)CCC6(C)C5CCC32C)cc1. The highest BCUT2D eigenvalue weighted by Crippen LogP contribution is 2.78. The van der Waals surface area contributed by atoms with E-state index < -0.39 is 27.9 Å². The van der Waals surface area contributed by atoms with Crippen molar-refractivity contribution in [3.05, 3.63) is 77.9 Å². The van der Waals surface area contributed by atoms with Crippen LogP contribution < -0.4 is 14.8 Å². The molecule has 1 heterocycles. The number of carbonyl (C=O) groups excluding carboxylic acids is 2. The Morgan fingerprint density at radius 3 is 2.21 bits per heavy atom. The van der Waals surface area contributed by atoms with Crippen LogP contribution >= 0.6 is 0 Å². The van der Waals surface area contributed by atoms with Crippen LogP contribution in [-0.4, -0.2) is 78.7 Å². The molecule has 2 aromatic rings. The molecule has 52 heavy (non-hydrogen) atoms. The molecule has 2 amide bonds. The van der Waals surface area contributed by atoms with Gasteiger partial charge in [0.2, 0.25) is 0 Å². The summed E-state index contributed by atoms with van der Waals surface area (Å²) in [5.41, 5.74) is -0.807. The fourth-order valence-electron chi connectivity index (χ4n) is 11.9. The first-order valence-electron chi connectivity index (χ1n) is 19.2. The molecule has 2 bridgehead atoms. The van der Waals surface area contributed by atoms with Gasteiger partial charge in [-0.2, -0.15) is 0 Å². The minimum atomic E-state index is -1.19. The van der Waals surface area contributed by atoms with Crippen molar-refractivity contribution < 1.29 is 34.0 Å². The largest absolute Gasteiger partial charge is 0.497 e. The second kappa shape index (κ2) is 12.7. The van der Waals surface area contributed by atoms with E-state index in [1.165, 1.54) is 0 Å². The lowest BCUT2D eigenvalue weighted by molar-refractivity contribution is -0.175. The smallest absolute Gasteiger partial charge is 0.322 e. The summed E-state index contributed by atoms with van der Waals surface area (Å²) in [7, 11) is 3.23. The third kappa shape index (κ3) is 5.20. The number of ether oxygens (including phenoxy) is 3. The summed E-state index contributed by atoms with van der Waals surface area (Å²) in [6.07, 6.45) is 13.4. The van der Waals surface area contributed by atoms with E-state index in [0.29, 0.717) is 48.7 Å². The van der Waals surface area contributed by atoms with E-state index in [2.05, 4.69) is 37.4 Å². The van der Waals surface area contributed by atoms with Gasteiger partial charge in [-0.1, -0.05) is 32.1 Å². The Morgan fingerprint density at radius 1 is 0.885 bits per heavy atom. The monoisotopic (exact) mass is 710 g/mol. The average molecular weight is 711 g/mol. The zero-order chi connectivity index (χ0) is 36.5. The molecule has 6 aliphatic carbocycles. The fourth-order valence-corrected chi connectivity index (χ4v) is 11.9. The molecule has 1 aliphatic heterocycles. The highest BCUT2D eigenvalue weighted by Gasteiger charge is 2.74. The Balaban J connectivity index is 1.16. The first kappa shape index (κ1) is 35.4. The standard InChI is InChI=1S/C43H54N2O7/c1-39-18-15-30(46)24-41(39)21-22-43(34(25-41)37(47)28-7-11-31(50-3)12-8-28)35(39)16-19-40(2)36(43)17-20-42(40,49)27-45(26-33-6-5-23-52-33)38(48)44-29-9-13-32(51-4)14-10-29/h7-14,21-22,25,30,33,35-36,46,49H,5-6,15-20,23-24,26-27H2,1-4H3,(H,44,48). The van der Waals surface area contributed by atoms with Crippen molar-refractivity contribution in [1.82, 2.24) is 4.90 Å². The van der Waals surface area contributed by atoms with E-state index in [4.69, 9.17) is 14.2 Å². The maximum absolute atomic E-state index is 14.9. The molecule has 9 unspecified atom stereocenters. The van der Waals surface area contributed by atoms with Gasteiger partial charge in [-0.25, -0.2) is 4.79 Å². The predicted octanol–water partition coefficient (Wildman–Crippen LogP) is 7.19. The van der Waals surface area contributed by atoms with E-state index in [9.17, 15) is 19.8 Å². The summed E-state index contributed by atoms with van der Waals surface area (Å²) in [4.78, 5) is 30.7.